The van der Waals surface area contributed by atoms with Crippen molar-refractivity contribution in [1.29, 1.82) is 0 Å². The molecule has 0 aromatic rings. The fourth-order valence-electron chi connectivity index (χ4n) is 0.639. The van der Waals surface area contributed by atoms with Crippen LogP contribution in [-0.2, 0) is 9.59 Å². The van der Waals surface area contributed by atoms with Crippen LogP contribution < -0.4 is 5.32 Å². The van der Waals surface area contributed by atoms with Crippen molar-refractivity contribution < 1.29 is 25.0 Å². The monoisotopic (exact) mass is 192 g/mol. The number of aliphatic carboxylic acids is 2. The summed E-state index contributed by atoms with van der Waals surface area (Å²) in [4.78, 5) is 20.0. The van der Waals surface area contributed by atoms with Gasteiger partial charge in [-0.3, -0.25) is 9.59 Å². The molecule has 0 rings (SSSR count). The minimum Gasteiger partial charge on any atom is -0.480 e. The van der Waals surface area contributed by atoms with Gasteiger partial charge < -0.3 is 20.7 Å². The fourth-order valence-corrected chi connectivity index (χ4v) is 0.639. The maximum Gasteiger partial charge on any atom is 0.320 e. The zero-order valence-corrected chi connectivity index (χ0v) is 6.93. The summed E-state index contributed by atoms with van der Waals surface area (Å²) in [5.41, 5.74) is 0. The van der Waals surface area contributed by atoms with Gasteiger partial charge in [-0.25, -0.2) is 0 Å². The topological polar surface area (TPSA) is 110 Å². The van der Waals surface area contributed by atoms with Gasteiger partial charge in [-0.2, -0.15) is 5.06 Å². The third kappa shape index (κ3) is 8.73. The van der Waals surface area contributed by atoms with E-state index in [1.807, 2.05) is 0 Å². The van der Waals surface area contributed by atoms with E-state index in [0.29, 0.717) is 5.06 Å². The van der Waals surface area contributed by atoms with Crippen molar-refractivity contribution in [3.05, 3.63) is 0 Å². The van der Waals surface area contributed by atoms with E-state index in [4.69, 9.17) is 15.4 Å². The molecule has 0 amide bonds. The third-order valence-corrected chi connectivity index (χ3v) is 1.14. The fraction of sp³-hybridized carbons (Fsp3) is 0.667. The Kier molecular flexibility index (Phi) is 5.77. The summed E-state index contributed by atoms with van der Waals surface area (Å²) >= 11 is 0. The van der Waals surface area contributed by atoms with E-state index in [1.165, 1.54) is 0 Å². The number of nitrogens with one attached hydrogen (secondary N) is 1. The Balaban J connectivity index is 3.31. The lowest BCUT2D eigenvalue weighted by atomic mass is 10.5. The lowest BCUT2D eigenvalue weighted by Gasteiger charge is -2.11. The molecule has 0 aliphatic carbocycles. The molecular formula is C6H12N2O5. The molecule has 7 heteroatoms. The zero-order valence-electron chi connectivity index (χ0n) is 6.93. The first-order valence-corrected chi connectivity index (χ1v) is 3.60. The van der Waals surface area contributed by atoms with Crippen LogP contribution in [0.1, 0.15) is 0 Å². The van der Waals surface area contributed by atoms with Gasteiger partial charge in [0.2, 0.25) is 0 Å². The number of carboxylic acid groups (broad SMARTS) is 2. The van der Waals surface area contributed by atoms with Crippen LogP contribution in [-0.4, -0.2) is 58.6 Å². The maximum absolute atomic E-state index is 10.0. The highest BCUT2D eigenvalue weighted by atomic mass is 16.5. The van der Waals surface area contributed by atoms with Crippen molar-refractivity contribution in [2.45, 2.75) is 0 Å². The Labute approximate surface area is 74.5 Å². The van der Waals surface area contributed by atoms with Crippen molar-refractivity contribution in [2.75, 3.05) is 26.2 Å². The highest BCUT2D eigenvalue weighted by Crippen LogP contribution is 1.78. The Morgan fingerprint density at radius 2 is 1.85 bits per heavy atom. The van der Waals surface area contributed by atoms with Gasteiger partial charge in [-0.05, 0) is 0 Å². The van der Waals surface area contributed by atoms with Gasteiger partial charge in [0.25, 0.3) is 0 Å². The maximum atomic E-state index is 10.0. The molecule has 0 aliphatic rings. The smallest absolute Gasteiger partial charge is 0.320 e. The summed E-state index contributed by atoms with van der Waals surface area (Å²) in [5.74, 6) is -2.14. The van der Waals surface area contributed by atoms with Crippen LogP contribution in [0.5, 0.6) is 0 Å². The molecule has 0 unspecified atom stereocenters. The van der Waals surface area contributed by atoms with Crippen molar-refractivity contribution >= 4 is 11.9 Å². The Morgan fingerprint density at radius 1 is 1.23 bits per heavy atom. The normalized spacial score (nSPS) is 10.3. The van der Waals surface area contributed by atoms with Crippen LogP contribution >= 0.6 is 0 Å². The summed E-state index contributed by atoms with van der Waals surface area (Å²) in [7, 11) is 0. The number of hydrogen-bond donors (Lipinski definition) is 4. The quantitative estimate of drug-likeness (QED) is 0.285. The molecule has 0 radical (unpaired) electrons. The highest BCUT2D eigenvalue weighted by molar-refractivity contribution is 5.69. The van der Waals surface area contributed by atoms with E-state index in [2.05, 4.69) is 5.32 Å². The number of hydroxylamine groups is 2. The van der Waals surface area contributed by atoms with Gasteiger partial charge in [0.05, 0.1) is 6.54 Å². The number of hydrogen-bond acceptors (Lipinski definition) is 5. The second-order valence-corrected chi connectivity index (χ2v) is 2.35. The van der Waals surface area contributed by atoms with Crippen LogP contribution in [0, 0.1) is 0 Å². The van der Waals surface area contributed by atoms with E-state index in [0.717, 1.165) is 0 Å². The van der Waals surface area contributed by atoms with Gasteiger partial charge in [0.15, 0.2) is 0 Å². The minimum atomic E-state index is -1.14. The minimum absolute atomic E-state index is 0.0690. The predicted octanol–water partition coefficient (Wildman–Crippen LogP) is -1.56. The molecule has 0 aromatic carbocycles. The highest BCUT2D eigenvalue weighted by Gasteiger charge is 2.05. The second-order valence-electron chi connectivity index (χ2n) is 2.35. The van der Waals surface area contributed by atoms with Crippen LogP contribution in [0.2, 0.25) is 0 Å². The molecule has 0 aliphatic heterocycles. The largest absolute Gasteiger partial charge is 0.480 e. The molecule has 0 fully saturated rings. The number of carboxylic acids is 2. The predicted molar refractivity (Wildman–Crippen MR) is 41.5 cm³/mol. The SMILES string of the molecule is O=C(O)CNCCN(O)CC(=O)O. The van der Waals surface area contributed by atoms with Crippen LogP contribution in [0.25, 0.3) is 0 Å². The van der Waals surface area contributed by atoms with Crippen molar-refractivity contribution in [3.63, 3.8) is 0 Å². The average Bonchev–Trinajstić information content (AvgIpc) is 1.96. The summed E-state index contributed by atoms with van der Waals surface area (Å²) in [5, 5.41) is 28.3. The molecule has 0 aromatic heterocycles. The van der Waals surface area contributed by atoms with Gasteiger partial charge in [0, 0.05) is 13.1 Å². The Hall–Kier alpha value is -1.18. The molecule has 0 saturated carbocycles. The van der Waals surface area contributed by atoms with Gasteiger partial charge in [-0.15, -0.1) is 0 Å². The number of carbonyl (C=O) groups is 2. The molecule has 0 heterocycles. The van der Waals surface area contributed by atoms with Crippen molar-refractivity contribution in [2.24, 2.45) is 0 Å². The first-order valence-electron chi connectivity index (χ1n) is 3.60. The van der Waals surface area contributed by atoms with Gasteiger partial charge in [-0.1, -0.05) is 0 Å². The summed E-state index contributed by atoms with van der Waals surface area (Å²) < 4.78 is 0. The van der Waals surface area contributed by atoms with Crippen molar-refractivity contribution in [3.8, 4) is 0 Å². The number of nitrogens with zero attached hydrogens (tertiary/aromatic N) is 1. The van der Waals surface area contributed by atoms with E-state index in [-0.39, 0.29) is 19.6 Å². The van der Waals surface area contributed by atoms with E-state index >= 15 is 0 Å². The molecule has 0 bridgehead atoms. The molecule has 13 heavy (non-hydrogen) atoms. The molecule has 76 valence electrons. The first kappa shape index (κ1) is 11.8. The molecule has 7 nitrogen and oxygen atoms in total. The first-order chi connectivity index (χ1) is 6.02. The molecule has 4 N–H and O–H groups in total. The standard InChI is InChI=1S/C6H12N2O5/c9-5(10)3-7-1-2-8(13)4-6(11)12/h7,13H,1-4H2,(H,9,10)(H,11,12). The average molecular weight is 192 g/mol. The summed E-state index contributed by atoms with van der Waals surface area (Å²) in [6, 6.07) is 0. The van der Waals surface area contributed by atoms with E-state index in [9.17, 15) is 9.59 Å². The summed E-state index contributed by atoms with van der Waals surface area (Å²) in [6.45, 7) is -0.397. The van der Waals surface area contributed by atoms with Gasteiger partial charge in [0.1, 0.15) is 6.54 Å². The molecule has 0 spiro atoms. The third-order valence-electron chi connectivity index (χ3n) is 1.14. The molecule has 0 saturated heterocycles. The van der Waals surface area contributed by atoms with Crippen LogP contribution in [0.3, 0.4) is 0 Å². The Bertz CT molecular complexity index is 184. The van der Waals surface area contributed by atoms with E-state index in [1.54, 1.807) is 0 Å². The molecule has 0 atom stereocenters. The summed E-state index contributed by atoms with van der Waals surface area (Å²) in [6.07, 6.45) is 0. The molecular weight excluding hydrogens is 180 g/mol. The van der Waals surface area contributed by atoms with Gasteiger partial charge >= 0.3 is 11.9 Å². The van der Waals surface area contributed by atoms with E-state index < -0.39 is 18.5 Å². The van der Waals surface area contributed by atoms with Crippen LogP contribution in [0.4, 0.5) is 0 Å². The second kappa shape index (κ2) is 6.35. The lowest BCUT2D eigenvalue weighted by molar-refractivity contribution is -0.153. The van der Waals surface area contributed by atoms with Crippen molar-refractivity contribution in [1.82, 2.24) is 10.4 Å². The number of rotatable bonds is 7. The lowest BCUT2D eigenvalue weighted by Crippen LogP contribution is -2.35. The van der Waals surface area contributed by atoms with Crippen LogP contribution in [0.15, 0.2) is 0 Å². The zero-order chi connectivity index (χ0) is 10.3. The Morgan fingerprint density at radius 3 is 2.31 bits per heavy atom.